The first-order chi connectivity index (χ1) is 8.97. The molecule has 1 N–H and O–H groups in total. The summed E-state index contributed by atoms with van der Waals surface area (Å²) in [7, 11) is 0. The maximum atomic E-state index is 12.3. The van der Waals surface area contributed by atoms with Crippen LogP contribution in [0.15, 0.2) is 36.4 Å². The van der Waals surface area contributed by atoms with Crippen LogP contribution in [-0.2, 0) is 0 Å². The van der Waals surface area contributed by atoms with Crippen LogP contribution in [0.3, 0.4) is 0 Å². The van der Waals surface area contributed by atoms with E-state index in [1.165, 1.54) is 0 Å². The minimum absolute atomic E-state index is 0.0584. The fraction of sp³-hybridized carbons (Fsp3) is 0.188. The maximum absolute atomic E-state index is 12.3. The van der Waals surface area contributed by atoms with Gasteiger partial charge in [-0.2, -0.15) is 0 Å². The van der Waals surface area contributed by atoms with Crippen LogP contribution in [0.4, 0.5) is 5.69 Å². The molecule has 0 aromatic heterocycles. The Morgan fingerprint density at radius 3 is 2.32 bits per heavy atom. The number of hydrogen-bond acceptors (Lipinski definition) is 1. The molecule has 0 aliphatic heterocycles. The van der Waals surface area contributed by atoms with Crippen molar-refractivity contribution in [2.45, 2.75) is 20.8 Å². The van der Waals surface area contributed by atoms with Gasteiger partial charge in [-0.3, -0.25) is 4.79 Å². The van der Waals surface area contributed by atoms with Crippen molar-refractivity contribution in [1.82, 2.24) is 0 Å². The number of hydrogen-bond donors (Lipinski definition) is 1. The average Bonchev–Trinajstić information content (AvgIpc) is 2.33. The lowest BCUT2D eigenvalue weighted by Gasteiger charge is -2.10. The highest BCUT2D eigenvalue weighted by Gasteiger charge is 2.09. The Hall–Kier alpha value is -1.36. The van der Waals surface area contributed by atoms with Crippen LogP contribution in [0, 0.1) is 24.3 Å². The van der Waals surface area contributed by atoms with Gasteiger partial charge in [0, 0.05) is 14.8 Å². The van der Waals surface area contributed by atoms with Crippen molar-refractivity contribution in [2.24, 2.45) is 0 Å². The molecule has 0 spiro atoms. The Morgan fingerprint density at radius 2 is 1.68 bits per heavy atom. The normalized spacial score (nSPS) is 10.3. The van der Waals surface area contributed by atoms with Gasteiger partial charge >= 0.3 is 0 Å². The summed E-state index contributed by atoms with van der Waals surface area (Å²) in [5, 5.41) is 2.98. The Kier molecular flexibility index (Phi) is 4.24. The van der Waals surface area contributed by atoms with Crippen molar-refractivity contribution in [1.29, 1.82) is 0 Å². The fourth-order valence-corrected chi connectivity index (χ4v) is 2.54. The lowest BCUT2D eigenvalue weighted by molar-refractivity contribution is 0.102. The largest absolute Gasteiger partial charge is 0.322 e. The third kappa shape index (κ3) is 3.35. The molecule has 0 saturated heterocycles. The molecule has 1 amide bonds. The second-order valence-electron chi connectivity index (χ2n) is 4.74. The van der Waals surface area contributed by atoms with E-state index in [2.05, 4.69) is 34.0 Å². The lowest BCUT2D eigenvalue weighted by Crippen LogP contribution is -2.13. The monoisotopic (exact) mass is 365 g/mol. The molecule has 3 heteroatoms. The standard InChI is InChI=1S/C16H16INO/c1-10-7-11(2)9-13(8-10)16(19)18-15-6-4-5-14(17)12(15)3/h4-9H,1-3H3,(H,18,19). The van der Waals surface area contributed by atoms with Crippen LogP contribution in [0.1, 0.15) is 27.0 Å². The van der Waals surface area contributed by atoms with Crippen LogP contribution in [0.25, 0.3) is 0 Å². The zero-order chi connectivity index (χ0) is 14.0. The van der Waals surface area contributed by atoms with Crippen LogP contribution in [0.5, 0.6) is 0 Å². The Morgan fingerprint density at radius 1 is 1.05 bits per heavy atom. The molecule has 0 unspecified atom stereocenters. The molecule has 19 heavy (non-hydrogen) atoms. The van der Waals surface area contributed by atoms with Crippen molar-refractivity contribution in [3.05, 3.63) is 62.2 Å². The van der Waals surface area contributed by atoms with Gasteiger partial charge in [-0.25, -0.2) is 0 Å². The van der Waals surface area contributed by atoms with E-state index in [4.69, 9.17) is 0 Å². The van der Waals surface area contributed by atoms with Gasteiger partial charge in [0.15, 0.2) is 0 Å². The quantitative estimate of drug-likeness (QED) is 0.782. The summed E-state index contributed by atoms with van der Waals surface area (Å²) < 4.78 is 1.15. The number of halogens is 1. The van der Waals surface area contributed by atoms with E-state index >= 15 is 0 Å². The molecule has 98 valence electrons. The third-order valence-electron chi connectivity index (χ3n) is 3.00. The maximum Gasteiger partial charge on any atom is 0.255 e. The highest BCUT2D eigenvalue weighted by atomic mass is 127. The predicted molar refractivity (Wildman–Crippen MR) is 87.8 cm³/mol. The summed E-state index contributed by atoms with van der Waals surface area (Å²) in [6.07, 6.45) is 0. The molecule has 0 aliphatic rings. The average molecular weight is 365 g/mol. The van der Waals surface area contributed by atoms with Crippen molar-refractivity contribution in [2.75, 3.05) is 5.32 Å². The van der Waals surface area contributed by atoms with Crippen molar-refractivity contribution < 1.29 is 4.79 Å². The number of nitrogens with one attached hydrogen (secondary N) is 1. The van der Waals surface area contributed by atoms with E-state index in [0.29, 0.717) is 5.56 Å². The number of carbonyl (C=O) groups is 1. The van der Waals surface area contributed by atoms with Crippen molar-refractivity contribution in [3.63, 3.8) is 0 Å². The number of carbonyl (C=O) groups excluding carboxylic acids is 1. The topological polar surface area (TPSA) is 29.1 Å². The first-order valence-corrected chi connectivity index (χ1v) is 7.20. The number of aryl methyl sites for hydroxylation is 2. The molecule has 0 radical (unpaired) electrons. The third-order valence-corrected chi connectivity index (χ3v) is 4.17. The zero-order valence-corrected chi connectivity index (χ0v) is 13.4. The first-order valence-electron chi connectivity index (χ1n) is 6.12. The summed E-state index contributed by atoms with van der Waals surface area (Å²) >= 11 is 2.27. The predicted octanol–water partition coefficient (Wildman–Crippen LogP) is 4.47. The Labute approximate surface area is 127 Å². The van der Waals surface area contributed by atoms with Gasteiger partial charge < -0.3 is 5.32 Å². The van der Waals surface area contributed by atoms with E-state index in [1.807, 2.05) is 51.1 Å². The molecule has 2 rings (SSSR count). The molecule has 2 aromatic rings. The molecule has 0 atom stereocenters. The van der Waals surface area contributed by atoms with E-state index in [9.17, 15) is 4.79 Å². The molecular formula is C16H16INO. The molecule has 0 saturated carbocycles. The summed E-state index contributed by atoms with van der Waals surface area (Å²) in [5.41, 5.74) is 4.88. The summed E-state index contributed by atoms with van der Waals surface area (Å²) in [6.45, 7) is 6.01. The van der Waals surface area contributed by atoms with Gasteiger partial charge in [-0.1, -0.05) is 23.3 Å². The van der Waals surface area contributed by atoms with E-state index in [-0.39, 0.29) is 5.91 Å². The van der Waals surface area contributed by atoms with Gasteiger partial charge in [0.05, 0.1) is 0 Å². The molecule has 0 bridgehead atoms. The number of amides is 1. The molecule has 0 fully saturated rings. The fourth-order valence-electron chi connectivity index (χ4n) is 2.04. The van der Waals surface area contributed by atoms with Gasteiger partial charge in [0.25, 0.3) is 5.91 Å². The molecule has 2 nitrogen and oxygen atoms in total. The van der Waals surface area contributed by atoms with Crippen LogP contribution >= 0.6 is 22.6 Å². The summed E-state index contributed by atoms with van der Waals surface area (Å²) in [4.78, 5) is 12.3. The number of benzene rings is 2. The van der Waals surface area contributed by atoms with Crippen LogP contribution in [-0.4, -0.2) is 5.91 Å². The summed E-state index contributed by atoms with van der Waals surface area (Å²) in [5.74, 6) is -0.0584. The molecule has 0 aliphatic carbocycles. The Balaban J connectivity index is 2.28. The minimum atomic E-state index is -0.0584. The number of anilines is 1. The first kappa shape index (κ1) is 14.1. The van der Waals surface area contributed by atoms with Gasteiger partial charge in [-0.15, -0.1) is 0 Å². The highest BCUT2D eigenvalue weighted by Crippen LogP contribution is 2.21. The van der Waals surface area contributed by atoms with E-state index in [0.717, 1.165) is 25.9 Å². The minimum Gasteiger partial charge on any atom is -0.322 e. The lowest BCUT2D eigenvalue weighted by atomic mass is 10.1. The van der Waals surface area contributed by atoms with Gasteiger partial charge in [0.1, 0.15) is 0 Å². The van der Waals surface area contributed by atoms with Crippen LogP contribution < -0.4 is 5.32 Å². The highest BCUT2D eigenvalue weighted by molar-refractivity contribution is 14.1. The van der Waals surface area contributed by atoms with Crippen LogP contribution in [0.2, 0.25) is 0 Å². The summed E-state index contributed by atoms with van der Waals surface area (Å²) in [6, 6.07) is 11.8. The van der Waals surface area contributed by atoms with E-state index in [1.54, 1.807) is 0 Å². The zero-order valence-electron chi connectivity index (χ0n) is 11.3. The van der Waals surface area contributed by atoms with E-state index < -0.39 is 0 Å². The van der Waals surface area contributed by atoms with Gasteiger partial charge in [0.2, 0.25) is 0 Å². The number of rotatable bonds is 2. The van der Waals surface area contributed by atoms with Crippen molar-refractivity contribution in [3.8, 4) is 0 Å². The molecule has 2 aromatic carbocycles. The second kappa shape index (κ2) is 5.74. The Bertz CT molecular complexity index is 614. The molecular weight excluding hydrogens is 349 g/mol. The van der Waals surface area contributed by atoms with Gasteiger partial charge in [-0.05, 0) is 73.2 Å². The SMILES string of the molecule is Cc1cc(C)cc(C(=O)Nc2cccc(I)c2C)c1. The second-order valence-corrected chi connectivity index (χ2v) is 5.91. The molecule has 0 heterocycles. The van der Waals surface area contributed by atoms with Crippen molar-refractivity contribution >= 4 is 34.2 Å². The smallest absolute Gasteiger partial charge is 0.255 e.